The highest BCUT2D eigenvalue weighted by atomic mass is 35.5. The van der Waals surface area contributed by atoms with Crippen molar-refractivity contribution in [3.63, 3.8) is 0 Å². The van der Waals surface area contributed by atoms with E-state index in [4.69, 9.17) is 16.7 Å². The third-order valence-corrected chi connectivity index (χ3v) is 3.25. The summed E-state index contributed by atoms with van der Waals surface area (Å²) in [4.78, 5) is 15.1. The largest absolute Gasteiger partial charge is 0.478 e. The van der Waals surface area contributed by atoms with E-state index in [1.54, 1.807) is 0 Å². The molecule has 0 aliphatic heterocycles. The molecule has 2 rings (SSSR count). The number of aromatic carboxylic acids is 1. The first-order valence-corrected chi connectivity index (χ1v) is 6.58. The number of aromatic nitrogens is 1. The van der Waals surface area contributed by atoms with Gasteiger partial charge in [0.1, 0.15) is 11.0 Å². The number of nitrogens with one attached hydrogen (secondary N) is 1. The van der Waals surface area contributed by atoms with Crippen LogP contribution in [0.25, 0.3) is 0 Å². The van der Waals surface area contributed by atoms with Gasteiger partial charge in [-0.15, -0.1) is 0 Å². The zero-order valence-corrected chi connectivity index (χ0v) is 12.0. The molecular weight excluding hydrogens is 276 g/mol. The van der Waals surface area contributed by atoms with Crippen LogP contribution in [0.5, 0.6) is 0 Å². The molecule has 104 valence electrons. The second-order valence-corrected chi connectivity index (χ2v) is 4.98. The van der Waals surface area contributed by atoms with E-state index in [0.717, 1.165) is 11.1 Å². The lowest BCUT2D eigenvalue weighted by molar-refractivity contribution is 0.0697. The number of benzene rings is 1. The predicted octanol–water partition coefficient (Wildman–Crippen LogP) is 3.91. The normalized spacial score (nSPS) is 11.9. The maximum atomic E-state index is 11.0. The van der Waals surface area contributed by atoms with Gasteiger partial charge in [0, 0.05) is 0 Å². The smallest absolute Gasteiger partial charge is 0.335 e. The van der Waals surface area contributed by atoms with Gasteiger partial charge in [-0.2, -0.15) is 0 Å². The molecule has 1 aromatic heterocycles. The molecule has 0 radical (unpaired) electrons. The van der Waals surface area contributed by atoms with Crippen LogP contribution in [0.4, 0.5) is 5.82 Å². The highest BCUT2D eigenvalue weighted by Gasteiger charge is 2.11. The molecule has 0 aliphatic rings. The van der Waals surface area contributed by atoms with E-state index in [9.17, 15) is 4.79 Å². The van der Waals surface area contributed by atoms with Crippen LogP contribution in [-0.2, 0) is 0 Å². The molecule has 0 saturated heterocycles. The van der Waals surface area contributed by atoms with Crippen molar-refractivity contribution < 1.29 is 9.90 Å². The average Bonchev–Trinajstić information content (AvgIpc) is 2.38. The van der Waals surface area contributed by atoms with Crippen molar-refractivity contribution in [2.45, 2.75) is 19.9 Å². The summed E-state index contributed by atoms with van der Waals surface area (Å²) in [6, 6.07) is 10.8. The summed E-state index contributed by atoms with van der Waals surface area (Å²) in [5, 5.41) is 12.3. The topological polar surface area (TPSA) is 62.2 Å². The Hall–Kier alpha value is -2.07. The van der Waals surface area contributed by atoms with Gasteiger partial charge < -0.3 is 10.4 Å². The third kappa shape index (κ3) is 3.27. The molecular formula is C15H15ClN2O2. The van der Waals surface area contributed by atoms with Crippen molar-refractivity contribution >= 4 is 23.4 Å². The van der Waals surface area contributed by atoms with Crippen molar-refractivity contribution in [2.24, 2.45) is 0 Å². The van der Waals surface area contributed by atoms with Crippen molar-refractivity contribution in [1.82, 2.24) is 4.98 Å². The highest BCUT2D eigenvalue weighted by Crippen LogP contribution is 2.22. The number of aryl methyl sites for hydroxylation is 1. The number of halogens is 1. The maximum Gasteiger partial charge on any atom is 0.335 e. The van der Waals surface area contributed by atoms with Gasteiger partial charge in [-0.3, -0.25) is 0 Å². The van der Waals surface area contributed by atoms with E-state index in [1.165, 1.54) is 12.1 Å². The van der Waals surface area contributed by atoms with Crippen LogP contribution in [0, 0.1) is 6.92 Å². The third-order valence-electron chi connectivity index (χ3n) is 3.06. The number of hydrogen-bond donors (Lipinski definition) is 2. The Balaban J connectivity index is 2.26. The molecule has 1 heterocycles. The number of carboxylic acids is 1. The molecule has 1 atom stereocenters. The summed E-state index contributed by atoms with van der Waals surface area (Å²) in [6.07, 6.45) is 0. The van der Waals surface area contributed by atoms with E-state index in [1.807, 2.05) is 38.1 Å². The standard InChI is InChI=1S/C15H15ClN2O2/c1-9-5-3-4-6-12(9)10(2)17-14-8-11(15(19)20)7-13(16)18-14/h3-8,10H,1-2H3,(H,17,18)(H,19,20). The summed E-state index contributed by atoms with van der Waals surface area (Å²) < 4.78 is 0. The van der Waals surface area contributed by atoms with Crippen LogP contribution >= 0.6 is 11.6 Å². The van der Waals surface area contributed by atoms with E-state index in [2.05, 4.69) is 10.3 Å². The Morgan fingerprint density at radius 1 is 1.35 bits per heavy atom. The molecule has 0 bridgehead atoms. The SMILES string of the molecule is Cc1ccccc1C(C)Nc1cc(C(=O)O)cc(Cl)n1. The van der Waals surface area contributed by atoms with Gasteiger partial charge in [-0.1, -0.05) is 35.9 Å². The fourth-order valence-corrected chi connectivity index (χ4v) is 2.28. The quantitative estimate of drug-likeness (QED) is 0.838. The second kappa shape index (κ2) is 5.92. The maximum absolute atomic E-state index is 11.0. The number of anilines is 1. The van der Waals surface area contributed by atoms with Crippen LogP contribution in [-0.4, -0.2) is 16.1 Å². The molecule has 2 N–H and O–H groups in total. The summed E-state index contributed by atoms with van der Waals surface area (Å²) in [7, 11) is 0. The molecule has 0 aliphatic carbocycles. The molecule has 0 spiro atoms. The summed E-state index contributed by atoms with van der Waals surface area (Å²) >= 11 is 5.84. The van der Waals surface area contributed by atoms with Gasteiger partial charge in [0.15, 0.2) is 0 Å². The average molecular weight is 291 g/mol. The van der Waals surface area contributed by atoms with Crippen LogP contribution in [0.15, 0.2) is 36.4 Å². The second-order valence-electron chi connectivity index (χ2n) is 4.59. The fraction of sp³-hybridized carbons (Fsp3) is 0.200. The lowest BCUT2D eigenvalue weighted by atomic mass is 10.0. The van der Waals surface area contributed by atoms with Gasteiger partial charge in [-0.05, 0) is 37.1 Å². The number of pyridine rings is 1. The first kappa shape index (κ1) is 14.3. The van der Waals surface area contributed by atoms with Crippen LogP contribution in [0.2, 0.25) is 5.15 Å². The molecule has 4 nitrogen and oxygen atoms in total. The molecule has 1 unspecified atom stereocenters. The highest BCUT2D eigenvalue weighted by molar-refractivity contribution is 6.29. The molecule has 5 heteroatoms. The van der Waals surface area contributed by atoms with Gasteiger partial charge >= 0.3 is 5.97 Å². The number of rotatable bonds is 4. The van der Waals surface area contributed by atoms with E-state index >= 15 is 0 Å². The monoisotopic (exact) mass is 290 g/mol. The van der Waals surface area contributed by atoms with Crippen molar-refractivity contribution in [3.05, 3.63) is 58.2 Å². The summed E-state index contributed by atoms with van der Waals surface area (Å²) in [5.41, 5.74) is 2.41. The first-order chi connectivity index (χ1) is 9.47. The Kier molecular flexibility index (Phi) is 4.25. The van der Waals surface area contributed by atoms with Crippen molar-refractivity contribution in [3.8, 4) is 0 Å². The van der Waals surface area contributed by atoms with Gasteiger partial charge in [0.2, 0.25) is 0 Å². The van der Waals surface area contributed by atoms with Crippen LogP contribution in [0.1, 0.15) is 34.5 Å². The zero-order valence-electron chi connectivity index (χ0n) is 11.2. The lowest BCUT2D eigenvalue weighted by Crippen LogP contribution is -2.10. The summed E-state index contributed by atoms with van der Waals surface area (Å²) in [6.45, 7) is 4.02. The predicted molar refractivity (Wildman–Crippen MR) is 79.4 cm³/mol. The Bertz CT molecular complexity index is 644. The molecule has 20 heavy (non-hydrogen) atoms. The van der Waals surface area contributed by atoms with Crippen molar-refractivity contribution in [2.75, 3.05) is 5.32 Å². The van der Waals surface area contributed by atoms with E-state index in [0.29, 0.717) is 5.82 Å². The van der Waals surface area contributed by atoms with Crippen molar-refractivity contribution in [1.29, 1.82) is 0 Å². The summed E-state index contributed by atoms with van der Waals surface area (Å²) in [5.74, 6) is -0.577. The van der Waals surface area contributed by atoms with E-state index in [-0.39, 0.29) is 16.8 Å². The Morgan fingerprint density at radius 2 is 2.05 bits per heavy atom. The number of nitrogens with zero attached hydrogens (tertiary/aromatic N) is 1. The van der Waals surface area contributed by atoms with Gasteiger partial charge in [-0.25, -0.2) is 9.78 Å². The van der Waals surface area contributed by atoms with E-state index < -0.39 is 5.97 Å². The molecule has 2 aromatic rings. The number of carboxylic acid groups (broad SMARTS) is 1. The molecule has 0 fully saturated rings. The van der Waals surface area contributed by atoms with Gasteiger partial charge in [0.25, 0.3) is 0 Å². The molecule has 1 aromatic carbocycles. The molecule has 0 amide bonds. The zero-order chi connectivity index (χ0) is 14.7. The minimum Gasteiger partial charge on any atom is -0.478 e. The first-order valence-electron chi connectivity index (χ1n) is 6.20. The minimum atomic E-state index is -1.03. The lowest BCUT2D eigenvalue weighted by Gasteiger charge is -2.17. The van der Waals surface area contributed by atoms with Crippen LogP contribution in [0.3, 0.4) is 0 Å². The minimum absolute atomic E-state index is 0.00353. The van der Waals surface area contributed by atoms with Gasteiger partial charge in [0.05, 0.1) is 11.6 Å². The number of hydrogen-bond acceptors (Lipinski definition) is 3. The number of carbonyl (C=O) groups is 1. The Labute approximate surface area is 122 Å². The van der Waals surface area contributed by atoms with Crippen LogP contribution < -0.4 is 5.32 Å². The fourth-order valence-electron chi connectivity index (χ4n) is 2.07. The Morgan fingerprint density at radius 3 is 2.70 bits per heavy atom. The molecule has 0 saturated carbocycles.